The van der Waals surface area contributed by atoms with Crippen LogP contribution in [-0.4, -0.2) is 33.8 Å². The molecule has 2 rings (SSSR count). The number of pyridine rings is 1. The lowest BCUT2D eigenvalue weighted by molar-refractivity contribution is -0.139. The number of rotatable bonds is 3. The van der Waals surface area contributed by atoms with Crippen molar-refractivity contribution in [1.82, 2.24) is 10.3 Å². The first-order chi connectivity index (χ1) is 12.2. The van der Waals surface area contributed by atoms with Gasteiger partial charge in [0.1, 0.15) is 17.5 Å². The van der Waals surface area contributed by atoms with Crippen LogP contribution in [0.5, 0.6) is 0 Å². The molecular weight excluding hydrogens is 334 g/mol. The lowest BCUT2D eigenvalue weighted by Gasteiger charge is -2.21. The molecule has 0 aliphatic rings. The van der Waals surface area contributed by atoms with Crippen molar-refractivity contribution in [3.05, 3.63) is 36.0 Å². The van der Waals surface area contributed by atoms with Crippen molar-refractivity contribution in [3.8, 4) is 11.8 Å². The Morgan fingerprint density at radius 1 is 1.35 bits per heavy atom. The standard InChI is InChI=1S/C19H21N3O4/c1-19(2,3)26-18(25)22-15(17(23)24)10-6-9-14-13-8-5-4-7-12(13)11-21-16(14)20/h4-5,7-8,11,15H,10H2,1-3H3,(H2,20,21)(H,22,25)(H,23,24)/t15-/m0/s1. The molecule has 1 aromatic heterocycles. The Bertz CT molecular complexity index is 891. The molecule has 1 aromatic carbocycles. The van der Waals surface area contributed by atoms with Gasteiger partial charge in [-0.05, 0) is 20.8 Å². The molecule has 1 amide bonds. The summed E-state index contributed by atoms with van der Waals surface area (Å²) in [5, 5.41) is 13.3. The first kappa shape index (κ1) is 19.1. The van der Waals surface area contributed by atoms with Crippen molar-refractivity contribution in [2.75, 3.05) is 5.73 Å². The zero-order valence-electron chi connectivity index (χ0n) is 14.9. The maximum Gasteiger partial charge on any atom is 0.408 e. The summed E-state index contributed by atoms with van der Waals surface area (Å²) in [5.41, 5.74) is 5.71. The molecule has 0 aliphatic heterocycles. The number of alkyl carbamates (subject to hydrolysis) is 1. The molecule has 0 radical (unpaired) electrons. The number of nitrogens with one attached hydrogen (secondary N) is 1. The highest BCUT2D eigenvalue weighted by molar-refractivity contribution is 5.90. The second kappa shape index (κ2) is 7.74. The maximum atomic E-state index is 11.8. The van der Waals surface area contributed by atoms with Crippen LogP contribution in [0, 0.1) is 11.8 Å². The third kappa shape index (κ3) is 5.11. The quantitative estimate of drug-likeness (QED) is 0.729. The molecule has 0 saturated heterocycles. The molecule has 0 fully saturated rings. The van der Waals surface area contributed by atoms with E-state index in [4.69, 9.17) is 10.5 Å². The molecule has 4 N–H and O–H groups in total. The van der Waals surface area contributed by atoms with E-state index in [9.17, 15) is 14.7 Å². The molecule has 0 saturated carbocycles. The Balaban J connectivity index is 2.18. The molecule has 2 aromatic rings. The van der Waals surface area contributed by atoms with E-state index in [1.807, 2.05) is 24.3 Å². The fourth-order valence-electron chi connectivity index (χ4n) is 2.20. The van der Waals surface area contributed by atoms with Crippen LogP contribution in [0.3, 0.4) is 0 Å². The van der Waals surface area contributed by atoms with Crippen LogP contribution in [0.4, 0.5) is 10.6 Å². The van der Waals surface area contributed by atoms with Gasteiger partial charge in [0.15, 0.2) is 0 Å². The molecule has 7 nitrogen and oxygen atoms in total. The third-order valence-corrected chi connectivity index (χ3v) is 3.34. The molecule has 0 aliphatic carbocycles. The third-order valence-electron chi connectivity index (χ3n) is 3.34. The van der Waals surface area contributed by atoms with E-state index in [-0.39, 0.29) is 12.2 Å². The zero-order valence-corrected chi connectivity index (χ0v) is 14.9. The van der Waals surface area contributed by atoms with Gasteiger partial charge in [0.05, 0.1) is 5.56 Å². The highest BCUT2D eigenvalue weighted by atomic mass is 16.6. The molecule has 136 valence electrons. The van der Waals surface area contributed by atoms with E-state index >= 15 is 0 Å². The Kier molecular flexibility index (Phi) is 5.68. The number of hydrogen-bond acceptors (Lipinski definition) is 5. The van der Waals surface area contributed by atoms with Gasteiger partial charge in [0.25, 0.3) is 0 Å². The lowest BCUT2D eigenvalue weighted by atomic mass is 10.1. The van der Waals surface area contributed by atoms with Gasteiger partial charge in [-0.2, -0.15) is 0 Å². The smallest absolute Gasteiger partial charge is 0.408 e. The molecule has 0 spiro atoms. The summed E-state index contributed by atoms with van der Waals surface area (Å²) in [6.07, 6.45) is 0.745. The number of carbonyl (C=O) groups is 2. The number of fused-ring (bicyclic) bond motifs is 1. The molecular formula is C19H21N3O4. The number of nitrogen functional groups attached to an aromatic ring is 1. The SMILES string of the molecule is CC(C)(C)OC(=O)N[C@@H](CC#Cc1c(N)ncc2ccccc12)C(=O)O. The van der Waals surface area contributed by atoms with E-state index in [1.165, 1.54) is 0 Å². The van der Waals surface area contributed by atoms with Crippen molar-refractivity contribution in [1.29, 1.82) is 0 Å². The van der Waals surface area contributed by atoms with Crippen LogP contribution in [0.1, 0.15) is 32.8 Å². The van der Waals surface area contributed by atoms with Gasteiger partial charge in [0.2, 0.25) is 0 Å². The van der Waals surface area contributed by atoms with Gasteiger partial charge in [0, 0.05) is 23.4 Å². The number of nitrogens with zero attached hydrogens (tertiary/aromatic N) is 1. The van der Waals surface area contributed by atoms with Gasteiger partial charge < -0.3 is 20.9 Å². The number of carboxylic acid groups (broad SMARTS) is 1. The number of carboxylic acids is 1. The van der Waals surface area contributed by atoms with Crippen LogP contribution < -0.4 is 11.1 Å². The number of carbonyl (C=O) groups excluding carboxylic acids is 1. The summed E-state index contributed by atoms with van der Waals surface area (Å²) in [5.74, 6) is 4.70. The Morgan fingerprint density at radius 2 is 2.04 bits per heavy atom. The fourth-order valence-corrected chi connectivity index (χ4v) is 2.20. The molecule has 26 heavy (non-hydrogen) atoms. The second-order valence-electron chi connectivity index (χ2n) is 6.65. The minimum absolute atomic E-state index is 0.1000. The number of hydrogen-bond donors (Lipinski definition) is 3. The number of ether oxygens (including phenoxy) is 1. The highest BCUT2D eigenvalue weighted by Gasteiger charge is 2.23. The minimum Gasteiger partial charge on any atom is -0.480 e. The highest BCUT2D eigenvalue weighted by Crippen LogP contribution is 2.21. The Hall–Kier alpha value is -3.27. The lowest BCUT2D eigenvalue weighted by Crippen LogP contribution is -2.43. The van der Waals surface area contributed by atoms with Crippen LogP contribution in [0.15, 0.2) is 30.5 Å². The first-order valence-corrected chi connectivity index (χ1v) is 8.02. The van der Waals surface area contributed by atoms with E-state index in [1.54, 1.807) is 27.0 Å². The summed E-state index contributed by atoms with van der Waals surface area (Å²) in [6, 6.07) is 6.29. The fraction of sp³-hybridized carbons (Fsp3) is 0.316. The van der Waals surface area contributed by atoms with Gasteiger partial charge in [-0.15, -0.1) is 0 Å². The van der Waals surface area contributed by atoms with Gasteiger partial charge in [-0.1, -0.05) is 36.1 Å². The summed E-state index contributed by atoms with van der Waals surface area (Å²) >= 11 is 0. The molecule has 1 atom stereocenters. The summed E-state index contributed by atoms with van der Waals surface area (Å²) in [7, 11) is 0. The molecule has 1 heterocycles. The van der Waals surface area contributed by atoms with Crippen molar-refractivity contribution in [2.24, 2.45) is 0 Å². The van der Waals surface area contributed by atoms with Crippen LogP contribution in [0.2, 0.25) is 0 Å². The summed E-state index contributed by atoms with van der Waals surface area (Å²) in [6.45, 7) is 5.08. The van der Waals surface area contributed by atoms with Crippen LogP contribution >= 0.6 is 0 Å². The van der Waals surface area contributed by atoms with Crippen LogP contribution in [-0.2, 0) is 9.53 Å². The van der Waals surface area contributed by atoms with Crippen molar-refractivity contribution in [2.45, 2.75) is 38.8 Å². The summed E-state index contributed by atoms with van der Waals surface area (Å²) < 4.78 is 5.07. The number of amides is 1. The molecule has 0 unspecified atom stereocenters. The number of aromatic nitrogens is 1. The van der Waals surface area contributed by atoms with Gasteiger partial charge in [-0.3, -0.25) is 0 Å². The van der Waals surface area contributed by atoms with E-state index in [0.717, 1.165) is 10.8 Å². The van der Waals surface area contributed by atoms with Crippen molar-refractivity contribution in [3.63, 3.8) is 0 Å². The first-order valence-electron chi connectivity index (χ1n) is 8.02. The minimum atomic E-state index is -1.20. The van der Waals surface area contributed by atoms with Gasteiger partial charge in [-0.25, -0.2) is 14.6 Å². The van der Waals surface area contributed by atoms with E-state index in [2.05, 4.69) is 22.1 Å². The number of anilines is 1. The topological polar surface area (TPSA) is 115 Å². The predicted octanol–water partition coefficient (Wildman–Crippen LogP) is 2.54. The predicted molar refractivity (Wildman–Crippen MR) is 98.4 cm³/mol. The van der Waals surface area contributed by atoms with Crippen LogP contribution in [0.25, 0.3) is 10.8 Å². The Labute approximate surface area is 151 Å². The number of aliphatic carboxylic acids is 1. The van der Waals surface area contributed by atoms with Crippen molar-refractivity contribution >= 4 is 28.7 Å². The monoisotopic (exact) mass is 355 g/mol. The average Bonchev–Trinajstić information content (AvgIpc) is 2.54. The van der Waals surface area contributed by atoms with Gasteiger partial charge >= 0.3 is 12.1 Å². The number of benzene rings is 1. The number of nitrogens with two attached hydrogens (primary N) is 1. The van der Waals surface area contributed by atoms with E-state index in [0.29, 0.717) is 5.56 Å². The average molecular weight is 355 g/mol. The summed E-state index contributed by atoms with van der Waals surface area (Å²) in [4.78, 5) is 27.2. The molecule has 0 bridgehead atoms. The van der Waals surface area contributed by atoms with Crippen molar-refractivity contribution < 1.29 is 19.4 Å². The maximum absolute atomic E-state index is 11.8. The second-order valence-corrected chi connectivity index (χ2v) is 6.65. The normalized spacial score (nSPS) is 12.0. The Morgan fingerprint density at radius 3 is 2.69 bits per heavy atom. The molecule has 7 heteroatoms. The zero-order chi connectivity index (χ0) is 19.3. The van der Waals surface area contributed by atoms with E-state index < -0.39 is 23.7 Å². The largest absolute Gasteiger partial charge is 0.480 e.